The van der Waals surface area contributed by atoms with Gasteiger partial charge >= 0.3 is 7.60 Å². The van der Waals surface area contributed by atoms with Gasteiger partial charge in [0.05, 0.1) is 5.66 Å². The van der Waals surface area contributed by atoms with Gasteiger partial charge < -0.3 is 9.79 Å². The van der Waals surface area contributed by atoms with Gasteiger partial charge in [-0.1, -0.05) is 33.6 Å². The lowest BCUT2D eigenvalue weighted by molar-refractivity contribution is 0.356. The van der Waals surface area contributed by atoms with E-state index in [0.717, 1.165) is 19.3 Å². The van der Waals surface area contributed by atoms with Gasteiger partial charge in [0.2, 0.25) is 0 Å². The molecule has 0 saturated heterocycles. The van der Waals surface area contributed by atoms with Crippen LogP contribution in [0.5, 0.6) is 0 Å². The molecule has 0 amide bonds. The second-order valence-electron chi connectivity index (χ2n) is 4.16. The number of hydrogen-bond donors (Lipinski definition) is 2. The minimum Gasteiger partial charge on any atom is -0.324 e. The molecule has 3 nitrogen and oxygen atoms in total. The maximum absolute atomic E-state index is 11.1. The molecule has 0 spiro atoms. The Bertz CT molecular complexity index is 186. The third-order valence-electron chi connectivity index (χ3n) is 2.17. The molecule has 2 N–H and O–H groups in total. The first kappa shape index (κ1) is 14.2. The summed E-state index contributed by atoms with van der Waals surface area (Å²) in [5.74, 6) is 0.464. The van der Waals surface area contributed by atoms with Gasteiger partial charge in [0.25, 0.3) is 0 Å². The molecule has 0 rings (SSSR count). The van der Waals surface area contributed by atoms with Crippen molar-refractivity contribution in [2.45, 2.75) is 52.1 Å². The Morgan fingerprint density at radius 3 is 2.29 bits per heavy atom. The third-order valence-corrected chi connectivity index (χ3v) is 3.50. The molecular formula is C10H22O3P. The highest BCUT2D eigenvalue weighted by molar-refractivity contribution is 7.52. The summed E-state index contributed by atoms with van der Waals surface area (Å²) in [6, 6.07) is 0. The van der Waals surface area contributed by atoms with E-state index in [1.165, 1.54) is 0 Å². The zero-order valence-electron chi connectivity index (χ0n) is 9.31. The Morgan fingerprint density at radius 1 is 1.36 bits per heavy atom. The second-order valence-corrected chi connectivity index (χ2v) is 6.01. The molecule has 14 heavy (non-hydrogen) atoms. The number of hydrogen-bond acceptors (Lipinski definition) is 1. The first-order valence-electron chi connectivity index (χ1n) is 5.26. The molecule has 0 aromatic rings. The lowest BCUT2D eigenvalue weighted by Crippen LogP contribution is -2.10. The highest BCUT2D eigenvalue weighted by atomic mass is 31.2. The monoisotopic (exact) mass is 221 g/mol. The Hall–Kier alpha value is 0.150. The predicted octanol–water partition coefficient (Wildman–Crippen LogP) is 2.97. The first-order chi connectivity index (χ1) is 6.38. The fourth-order valence-electron chi connectivity index (χ4n) is 1.27. The SMILES string of the molecule is CCCCC([CH]CC(C)C)P(=O)(O)O. The van der Waals surface area contributed by atoms with E-state index < -0.39 is 13.3 Å². The van der Waals surface area contributed by atoms with Crippen LogP contribution in [-0.4, -0.2) is 15.4 Å². The van der Waals surface area contributed by atoms with Crippen LogP contribution in [0.2, 0.25) is 0 Å². The largest absolute Gasteiger partial charge is 0.328 e. The fraction of sp³-hybridized carbons (Fsp3) is 0.900. The van der Waals surface area contributed by atoms with Crippen LogP contribution in [0.4, 0.5) is 0 Å². The average Bonchev–Trinajstić information content (AvgIpc) is 2.01. The summed E-state index contributed by atoms with van der Waals surface area (Å²) in [6.07, 6.45) is 5.03. The molecule has 0 aromatic heterocycles. The third kappa shape index (κ3) is 6.58. The summed E-state index contributed by atoms with van der Waals surface area (Å²) >= 11 is 0. The Labute approximate surface area is 87.1 Å². The van der Waals surface area contributed by atoms with Crippen LogP contribution in [0.3, 0.4) is 0 Å². The van der Waals surface area contributed by atoms with Crippen molar-refractivity contribution in [3.8, 4) is 0 Å². The Morgan fingerprint density at radius 2 is 1.93 bits per heavy atom. The molecule has 1 unspecified atom stereocenters. The molecule has 0 aliphatic heterocycles. The van der Waals surface area contributed by atoms with Gasteiger partial charge in [0, 0.05) is 0 Å². The van der Waals surface area contributed by atoms with E-state index in [0.29, 0.717) is 12.3 Å². The molecule has 0 bridgehead atoms. The maximum atomic E-state index is 11.1. The maximum Gasteiger partial charge on any atom is 0.328 e. The summed E-state index contributed by atoms with van der Waals surface area (Å²) < 4.78 is 11.1. The molecule has 0 heterocycles. The van der Waals surface area contributed by atoms with Crippen LogP contribution in [0.25, 0.3) is 0 Å². The van der Waals surface area contributed by atoms with Crippen LogP contribution in [0.15, 0.2) is 0 Å². The van der Waals surface area contributed by atoms with Crippen molar-refractivity contribution in [2.75, 3.05) is 0 Å². The lowest BCUT2D eigenvalue weighted by atomic mass is 10.0. The van der Waals surface area contributed by atoms with Gasteiger partial charge in [-0.25, -0.2) is 0 Å². The van der Waals surface area contributed by atoms with Crippen LogP contribution in [-0.2, 0) is 4.57 Å². The van der Waals surface area contributed by atoms with Crippen molar-refractivity contribution >= 4 is 7.60 Å². The van der Waals surface area contributed by atoms with Crippen molar-refractivity contribution in [2.24, 2.45) is 5.92 Å². The molecule has 0 saturated carbocycles. The molecular weight excluding hydrogens is 199 g/mol. The molecule has 85 valence electrons. The van der Waals surface area contributed by atoms with E-state index in [1.54, 1.807) is 6.42 Å². The highest BCUT2D eigenvalue weighted by Gasteiger charge is 2.27. The molecule has 0 aliphatic carbocycles. The first-order valence-corrected chi connectivity index (χ1v) is 6.94. The van der Waals surface area contributed by atoms with Gasteiger partial charge in [0.1, 0.15) is 0 Å². The quantitative estimate of drug-likeness (QED) is 0.650. The van der Waals surface area contributed by atoms with Crippen molar-refractivity contribution in [1.29, 1.82) is 0 Å². The Kier molecular flexibility index (Phi) is 6.67. The van der Waals surface area contributed by atoms with E-state index in [1.807, 2.05) is 20.8 Å². The summed E-state index contributed by atoms with van der Waals surface area (Å²) in [4.78, 5) is 18.2. The van der Waals surface area contributed by atoms with E-state index in [4.69, 9.17) is 9.79 Å². The fourth-order valence-corrected chi connectivity index (χ4v) is 2.18. The standard InChI is InChI=1S/C10H22O3P/c1-4-5-6-10(14(11,12)13)8-7-9(2)3/h8-10H,4-7H2,1-3H3,(H2,11,12,13). The summed E-state index contributed by atoms with van der Waals surface area (Å²) in [5, 5.41) is 0. The van der Waals surface area contributed by atoms with E-state index in [-0.39, 0.29) is 0 Å². The van der Waals surface area contributed by atoms with Gasteiger partial charge in [-0.15, -0.1) is 0 Å². The van der Waals surface area contributed by atoms with Crippen LogP contribution in [0.1, 0.15) is 46.5 Å². The second kappa shape index (κ2) is 6.60. The van der Waals surface area contributed by atoms with E-state index >= 15 is 0 Å². The van der Waals surface area contributed by atoms with Crippen LogP contribution in [0, 0.1) is 12.3 Å². The van der Waals surface area contributed by atoms with Crippen LogP contribution < -0.4 is 0 Å². The molecule has 0 aromatic carbocycles. The van der Waals surface area contributed by atoms with Crippen molar-refractivity contribution in [3.63, 3.8) is 0 Å². The summed E-state index contributed by atoms with van der Waals surface area (Å²) in [7, 11) is -3.92. The van der Waals surface area contributed by atoms with Gasteiger partial charge in [-0.3, -0.25) is 4.57 Å². The van der Waals surface area contributed by atoms with E-state index in [9.17, 15) is 4.57 Å². The average molecular weight is 221 g/mol. The van der Waals surface area contributed by atoms with E-state index in [2.05, 4.69) is 0 Å². The van der Waals surface area contributed by atoms with Gasteiger partial charge in [0.15, 0.2) is 0 Å². The highest BCUT2D eigenvalue weighted by Crippen LogP contribution is 2.45. The van der Waals surface area contributed by atoms with Gasteiger partial charge in [-0.05, 0) is 25.2 Å². The van der Waals surface area contributed by atoms with Gasteiger partial charge in [-0.2, -0.15) is 0 Å². The smallest absolute Gasteiger partial charge is 0.324 e. The van der Waals surface area contributed by atoms with Crippen LogP contribution >= 0.6 is 7.60 Å². The van der Waals surface area contributed by atoms with Crippen molar-refractivity contribution < 1.29 is 14.4 Å². The number of unbranched alkanes of at least 4 members (excludes halogenated alkanes) is 1. The molecule has 0 aliphatic rings. The minimum atomic E-state index is -3.92. The summed E-state index contributed by atoms with van der Waals surface area (Å²) in [5.41, 5.74) is -0.537. The zero-order chi connectivity index (χ0) is 11.2. The van der Waals surface area contributed by atoms with Crippen molar-refractivity contribution in [3.05, 3.63) is 6.42 Å². The summed E-state index contributed by atoms with van der Waals surface area (Å²) in [6.45, 7) is 6.12. The Balaban J connectivity index is 4.05. The lowest BCUT2D eigenvalue weighted by Gasteiger charge is -2.18. The zero-order valence-corrected chi connectivity index (χ0v) is 10.2. The number of rotatable bonds is 7. The van der Waals surface area contributed by atoms with Crippen molar-refractivity contribution in [1.82, 2.24) is 0 Å². The molecule has 1 atom stereocenters. The minimum absolute atomic E-state index is 0.464. The predicted molar refractivity (Wildman–Crippen MR) is 59.1 cm³/mol. The molecule has 1 radical (unpaired) electrons. The molecule has 0 fully saturated rings. The molecule has 4 heteroatoms. The topological polar surface area (TPSA) is 57.5 Å². The normalized spacial score (nSPS) is 14.7.